The highest BCUT2D eigenvalue weighted by Crippen LogP contribution is 2.66. The first-order valence-corrected chi connectivity index (χ1v) is 12.6. The molecule has 4 saturated carbocycles. The second-order valence-electron chi connectivity index (χ2n) is 11.2. The molecule has 0 aromatic heterocycles. The van der Waals surface area contributed by atoms with E-state index in [-0.39, 0.29) is 16.9 Å². The molecule has 5 fully saturated rings. The third kappa shape index (κ3) is 3.02. The maximum absolute atomic E-state index is 12.7. The highest BCUT2D eigenvalue weighted by Gasteiger charge is 2.62. The van der Waals surface area contributed by atoms with Gasteiger partial charge in [-0.1, -0.05) is 19.0 Å². The number of hydrogen-bond donors (Lipinski definition) is 2. The largest absolute Gasteiger partial charge is 0.396 e. The number of nitrogens with zero attached hydrogens (tertiary/aromatic N) is 1. The molecular formula is C25H40N2O3. The summed E-state index contributed by atoms with van der Waals surface area (Å²) >= 11 is 0. The predicted molar refractivity (Wildman–Crippen MR) is 117 cm³/mol. The number of Topliss-reactive ketones (excluding diaryl/α,β-unsaturated/α-hetero) is 1. The summed E-state index contributed by atoms with van der Waals surface area (Å²) in [5.41, 5.74) is 1.18. The Morgan fingerprint density at radius 2 is 1.97 bits per heavy atom. The van der Waals surface area contributed by atoms with Crippen LogP contribution in [0.25, 0.3) is 0 Å². The Morgan fingerprint density at radius 1 is 1.10 bits per heavy atom. The molecule has 8 atom stereocenters. The van der Waals surface area contributed by atoms with Gasteiger partial charge >= 0.3 is 0 Å². The zero-order valence-electron chi connectivity index (χ0n) is 18.9. The summed E-state index contributed by atoms with van der Waals surface area (Å²) < 4.78 is 0. The van der Waals surface area contributed by atoms with Gasteiger partial charge in [0, 0.05) is 42.7 Å². The Labute approximate surface area is 181 Å². The van der Waals surface area contributed by atoms with Crippen LogP contribution in [0.2, 0.25) is 0 Å². The van der Waals surface area contributed by atoms with Crippen molar-refractivity contribution in [1.29, 1.82) is 0 Å². The summed E-state index contributed by atoms with van der Waals surface area (Å²) in [5, 5.41) is 18.9. The molecule has 8 unspecified atom stereocenters. The molecular weight excluding hydrogens is 376 g/mol. The van der Waals surface area contributed by atoms with E-state index in [2.05, 4.69) is 19.2 Å². The van der Waals surface area contributed by atoms with Gasteiger partial charge in [0.05, 0.1) is 5.71 Å². The van der Waals surface area contributed by atoms with Crippen LogP contribution in [-0.2, 0) is 9.63 Å². The summed E-state index contributed by atoms with van der Waals surface area (Å²) in [5.74, 6) is 3.18. The molecule has 2 N–H and O–H groups in total. The van der Waals surface area contributed by atoms with Crippen LogP contribution in [0.15, 0.2) is 5.16 Å². The van der Waals surface area contributed by atoms with Crippen molar-refractivity contribution >= 4 is 11.5 Å². The van der Waals surface area contributed by atoms with Crippen LogP contribution in [0, 0.1) is 40.4 Å². The van der Waals surface area contributed by atoms with Crippen molar-refractivity contribution in [3.63, 3.8) is 0 Å². The van der Waals surface area contributed by atoms with Crippen molar-refractivity contribution in [2.24, 2.45) is 45.6 Å². The summed E-state index contributed by atoms with van der Waals surface area (Å²) in [6, 6.07) is 0. The average Bonchev–Trinajstić information content (AvgIpc) is 3.39. The van der Waals surface area contributed by atoms with Gasteiger partial charge in [0.2, 0.25) is 0 Å². The fraction of sp³-hybridized carbons (Fsp3) is 0.920. The first kappa shape index (κ1) is 20.9. The summed E-state index contributed by atoms with van der Waals surface area (Å²) in [7, 11) is 0. The number of aliphatic hydroxyl groups excluding tert-OH is 1. The SMILES string of the molecule is CCC1/C(=N/OC2CCNC2)CCC2(CO)C1CCC1C3CCC(=O)C3(C)CCC12. The van der Waals surface area contributed by atoms with Crippen molar-refractivity contribution in [1.82, 2.24) is 5.32 Å². The van der Waals surface area contributed by atoms with Crippen molar-refractivity contribution in [2.75, 3.05) is 19.7 Å². The average molecular weight is 417 g/mol. The lowest BCUT2D eigenvalue weighted by Crippen LogP contribution is -2.58. The number of hydrogen-bond acceptors (Lipinski definition) is 5. The lowest BCUT2D eigenvalue weighted by molar-refractivity contribution is -0.148. The number of oxime groups is 1. The molecule has 1 aliphatic heterocycles. The van der Waals surface area contributed by atoms with Gasteiger partial charge in [0.25, 0.3) is 0 Å². The van der Waals surface area contributed by atoms with Crippen LogP contribution < -0.4 is 5.32 Å². The summed E-state index contributed by atoms with van der Waals surface area (Å²) in [6.07, 6.45) is 10.7. The summed E-state index contributed by atoms with van der Waals surface area (Å²) in [4.78, 5) is 18.6. The molecule has 0 aromatic rings. The fourth-order valence-corrected chi connectivity index (χ4v) is 8.67. The lowest BCUT2D eigenvalue weighted by Gasteiger charge is -2.61. The first-order valence-electron chi connectivity index (χ1n) is 12.6. The molecule has 30 heavy (non-hydrogen) atoms. The second kappa shape index (κ2) is 7.88. The quantitative estimate of drug-likeness (QED) is 0.681. The van der Waals surface area contributed by atoms with E-state index in [9.17, 15) is 9.90 Å². The van der Waals surface area contributed by atoms with E-state index in [1.807, 2.05) is 0 Å². The minimum absolute atomic E-state index is 0.0183. The minimum Gasteiger partial charge on any atom is -0.396 e. The molecule has 1 saturated heterocycles. The molecule has 5 heteroatoms. The Bertz CT molecular complexity index is 703. The van der Waals surface area contributed by atoms with E-state index < -0.39 is 0 Å². The van der Waals surface area contributed by atoms with Gasteiger partial charge in [0.1, 0.15) is 11.9 Å². The Balaban J connectivity index is 1.40. The number of nitrogens with one attached hydrogen (secondary N) is 1. The molecule has 0 bridgehead atoms. The van der Waals surface area contributed by atoms with Crippen LogP contribution in [0.4, 0.5) is 0 Å². The Kier molecular flexibility index (Phi) is 5.50. The highest BCUT2D eigenvalue weighted by atomic mass is 16.6. The summed E-state index contributed by atoms with van der Waals surface area (Å²) in [6.45, 7) is 6.75. The maximum atomic E-state index is 12.7. The number of fused-ring (bicyclic) bond motifs is 5. The fourth-order valence-electron chi connectivity index (χ4n) is 8.67. The molecule has 4 aliphatic carbocycles. The van der Waals surface area contributed by atoms with E-state index in [1.54, 1.807) is 0 Å². The van der Waals surface area contributed by atoms with E-state index in [0.29, 0.717) is 42.0 Å². The Morgan fingerprint density at radius 3 is 2.70 bits per heavy atom. The van der Waals surface area contributed by atoms with Crippen LogP contribution in [0.1, 0.15) is 78.1 Å². The number of ketones is 1. The molecule has 5 aliphatic rings. The van der Waals surface area contributed by atoms with Gasteiger partial charge in [-0.3, -0.25) is 4.79 Å². The van der Waals surface area contributed by atoms with E-state index in [4.69, 9.17) is 9.99 Å². The van der Waals surface area contributed by atoms with Crippen LogP contribution >= 0.6 is 0 Å². The molecule has 0 radical (unpaired) electrons. The van der Waals surface area contributed by atoms with Gasteiger partial charge in [-0.05, 0) is 81.6 Å². The van der Waals surface area contributed by atoms with Crippen molar-refractivity contribution in [3.05, 3.63) is 0 Å². The molecule has 5 rings (SSSR count). The highest BCUT2D eigenvalue weighted by molar-refractivity contribution is 5.88. The van der Waals surface area contributed by atoms with Gasteiger partial charge in [-0.25, -0.2) is 0 Å². The van der Waals surface area contributed by atoms with E-state index in [0.717, 1.165) is 64.5 Å². The lowest BCUT2D eigenvalue weighted by atomic mass is 9.43. The van der Waals surface area contributed by atoms with Gasteiger partial charge < -0.3 is 15.3 Å². The van der Waals surface area contributed by atoms with E-state index >= 15 is 0 Å². The monoisotopic (exact) mass is 416 g/mol. The second-order valence-corrected chi connectivity index (χ2v) is 11.2. The predicted octanol–water partition coefficient (Wildman–Crippen LogP) is 3.94. The molecule has 0 spiro atoms. The van der Waals surface area contributed by atoms with Gasteiger partial charge in [-0.2, -0.15) is 0 Å². The van der Waals surface area contributed by atoms with Crippen molar-refractivity contribution in [3.8, 4) is 0 Å². The number of aliphatic hydroxyl groups is 1. The molecule has 0 amide bonds. The topological polar surface area (TPSA) is 70.9 Å². The van der Waals surface area contributed by atoms with Crippen LogP contribution in [-0.4, -0.2) is 42.4 Å². The molecule has 5 nitrogen and oxygen atoms in total. The molecule has 1 heterocycles. The maximum Gasteiger partial charge on any atom is 0.141 e. The Hall–Kier alpha value is -0.940. The zero-order valence-corrected chi connectivity index (χ0v) is 18.9. The van der Waals surface area contributed by atoms with Gasteiger partial charge in [0.15, 0.2) is 0 Å². The number of rotatable bonds is 4. The normalized spacial score (nSPS) is 49.6. The smallest absolute Gasteiger partial charge is 0.141 e. The minimum atomic E-state index is -0.0841. The van der Waals surface area contributed by atoms with Gasteiger partial charge in [-0.15, -0.1) is 0 Å². The number of carbonyl (C=O) groups is 1. The van der Waals surface area contributed by atoms with Crippen LogP contribution in [0.5, 0.6) is 0 Å². The van der Waals surface area contributed by atoms with Crippen LogP contribution in [0.3, 0.4) is 0 Å². The van der Waals surface area contributed by atoms with Crippen molar-refractivity contribution < 1.29 is 14.7 Å². The van der Waals surface area contributed by atoms with E-state index in [1.165, 1.54) is 18.6 Å². The standard InChI is InChI=1S/C25H40N2O3/c1-3-17-20-5-4-18-19-6-7-23(29)24(19,2)11-8-21(18)25(20,15-28)12-9-22(17)27-30-16-10-13-26-14-16/h16-21,26,28H,3-15H2,1-2H3/b27-22+. The number of carbonyl (C=O) groups excluding carboxylic acids is 1. The molecule has 168 valence electrons. The third-order valence-corrected chi connectivity index (χ3v) is 10.3. The third-order valence-electron chi connectivity index (χ3n) is 10.3. The molecule has 0 aromatic carbocycles. The zero-order chi connectivity index (χ0) is 20.9. The first-order chi connectivity index (χ1) is 14.5. The van der Waals surface area contributed by atoms with Crippen molar-refractivity contribution in [2.45, 2.75) is 84.2 Å².